The molecule has 31 heavy (non-hydrogen) atoms. The Kier molecular flexibility index (Phi) is 7.97. The predicted octanol–water partition coefficient (Wildman–Crippen LogP) is 1.76. The number of benzene rings is 2. The number of nitrogens with zero attached hydrogens (tertiary/aromatic N) is 3. The number of halogens is 1. The minimum atomic E-state index is -0.379. The van der Waals surface area contributed by atoms with E-state index in [2.05, 4.69) is 15.5 Å². The maximum absolute atomic E-state index is 13.2. The van der Waals surface area contributed by atoms with Crippen LogP contribution in [0, 0.1) is 5.82 Å². The molecule has 2 N–H and O–H groups in total. The van der Waals surface area contributed by atoms with Crippen LogP contribution in [0.25, 0.3) is 0 Å². The standard InChI is InChI=1S/C23H30FN5O2/c1-27(2)21-8-6-18(7-9-21)15-25-22(30)16-28-10-12-29(13-11-28)17-23(31)26-20-5-3-4-19(24)14-20/h3-9,14H,10-13,15-17H2,1-2H3,(H,25,30)(H,26,31). The van der Waals surface area contributed by atoms with E-state index in [4.69, 9.17) is 0 Å². The van der Waals surface area contributed by atoms with Crippen LogP contribution in [0.3, 0.4) is 0 Å². The zero-order valence-corrected chi connectivity index (χ0v) is 18.1. The quantitative estimate of drug-likeness (QED) is 0.672. The Morgan fingerprint density at radius 3 is 2.13 bits per heavy atom. The first-order chi connectivity index (χ1) is 14.9. The highest BCUT2D eigenvalue weighted by Crippen LogP contribution is 2.12. The fraction of sp³-hybridized carbons (Fsp3) is 0.391. The predicted molar refractivity (Wildman–Crippen MR) is 121 cm³/mol. The molecule has 2 aromatic rings. The molecule has 166 valence electrons. The molecule has 1 aliphatic heterocycles. The smallest absolute Gasteiger partial charge is 0.238 e. The first kappa shape index (κ1) is 22.7. The molecule has 0 aliphatic carbocycles. The Hall–Kier alpha value is -2.97. The molecule has 0 saturated carbocycles. The van der Waals surface area contributed by atoms with E-state index in [1.807, 2.05) is 48.2 Å². The molecule has 1 fully saturated rings. The fourth-order valence-corrected chi connectivity index (χ4v) is 3.45. The number of anilines is 2. The Morgan fingerprint density at radius 2 is 1.55 bits per heavy atom. The molecule has 2 aromatic carbocycles. The van der Waals surface area contributed by atoms with E-state index in [0.29, 0.717) is 31.9 Å². The van der Waals surface area contributed by atoms with Crippen molar-refractivity contribution in [3.8, 4) is 0 Å². The van der Waals surface area contributed by atoms with Crippen molar-refractivity contribution in [1.82, 2.24) is 15.1 Å². The highest BCUT2D eigenvalue weighted by Gasteiger charge is 2.20. The molecule has 0 radical (unpaired) electrons. The summed E-state index contributed by atoms with van der Waals surface area (Å²) in [4.78, 5) is 30.6. The summed E-state index contributed by atoms with van der Waals surface area (Å²) in [5.74, 6) is -0.554. The van der Waals surface area contributed by atoms with Crippen LogP contribution in [0.1, 0.15) is 5.56 Å². The van der Waals surface area contributed by atoms with Gasteiger partial charge < -0.3 is 15.5 Å². The van der Waals surface area contributed by atoms with Gasteiger partial charge in [0.05, 0.1) is 13.1 Å². The van der Waals surface area contributed by atoms with Gasteiger partial charge in [0, 0.05) is 58.2 Å². The number of hydrogen-bond acceptors (Lipinski definition) is 5. The molecule has 0 bridgehead atoms. The number of hydrogen-bond donors (Lipinski definition) is 2. The number of nitrogens with one attached hydrogen (secondary N) is 2. The molecular formula is C23H30FN5O2. The maximum atomic E-state index is 13.2. The molecule has 0 unspecified atom stereocenters. The number of amides is 2. The maximum Gasteiger partial charge on any atom is 0.238 e. The number of carbonyl (C=O) groups is 2. The lowest BCUT2D eigenvalue weighted by Gasteiger charge is -2.33. The van der Waals surface area contributed by atoms with Crippen LogP contribution in [-0.2, 0) is 16.1 Å². The van der Waals surface area contributed by atoms with Crippen molar-refractivity contribution in [3.05, 3.63) is 59.9 Å². The molecule has 0 atom stereocenters. The summed E-state index contributed by atoms with van der Waals surface area (Å²) >= 11 is 0. The van der Waals surface area contributed by atoms with E-state index in [9.17, 15) is 14.0 Å². The minimum Gasteiger partial charge on any atom is -0.378 e. The molecule has 3 rings (SSSR count). The van der Waals surface area contributed by atoms with Gasteiger partial charge in [0.1, 0.15) is 5.82 Å². The van der Waals surface area contributed by atoms with Crippen molar-refractivity contribution >= 4 is 23.2 Å². The highest BCUT2D eigenvalue weighted by molar-refractivity contribution is 5.92. The normalized spacial score (nSPS) is 14.8. The first-order valence-corrected chi connectivity index (χ1v) is 10.4. The second-order valence-corrected chi connectivity index (χ2v) is 7.95. The Balaban J connectivity index is 1.34. The SMILES string of the molecule is CN(C)c1ccc(CNC(=O)CN2CCN(CC(=O)Nc3cccc(F)c3)CC2)cc1. The number of carbonyl (C=O) groups excluding carboxylic acids is 2. The van der Waals surface area contributed by atoms with Gasteiger partial charge in [-0.2, -0.15) is 0 Å². The topological polar surface area (TPSA) is 67.9 Å². The molecule has 8 heteroatoms. The van der Waals surface area contributed by atoms with Crippen LogP contribution < -0.4 is 15.5 Å². The lowest BCUT2D eigenvalue weighted by Crippen LogP contribution is -2.50. The van der Waals surface area contributed by atoms with Gasteiger partial charge in [-0.1, -0.05) is 18.2 Å². The second-order valence-electron chi connectivity index (χ2n) is 7.95. The average Bonchev–Trinajstić information content (AvgIpc) is 2.74. The Labute approximate surface area is 182 Å². The summed E-state index contributed by atoms with van der Waals surface area (Å²) < 4.78 is 13.2. The summed E-state index contributed by atoms with van der Waals surface area (Å²) in [5.41, 5.74) is 2.64. The van der Waals surface area contributed by atoms with Crippen molar-refractivity contribution in [2.24, 2.45) is 0 Å². The summed E-state index contributed by atoms with van der Waals surface area (Å²) in [6, 6.07) is 14.0. The molecule has 0 aromatic heterocycles. The third kappa shape index (κ3) is 7.34. The molecular weight excluding hydrogens is 397 g/mol. The molecule has 1 aliphatic rings. The van der Waals surface area contributed by atoms with Gasteiger partial charge in [0.2, 0.25) is 11.8 Å². The average molecular weight is 428 g/mol. The van der Waals surface area contributed by atoms with Crippen LogP contribution in [-0.4, -0.2) is 75.0 Å². The molecule has 7 nitrogen and oxygen atoms in total. The van der Waals surface area contributed by atoms with Crippen LogP contribution in [0.2, 0.25) is 0 Å². The van der Waals surface area contributed by atoms with E-state index < -0.39 is 0 Å². The second kappa shape index (κ2) is 10.9. The van der Waals surface area contributed by atoms with Crippen molar-refractivity contribution in [1.29, 1.82) is 0 Å². The van der Waals surface area contributed by atoms with E-state index in [1.54, 1.807) is 12.1 Å². The number of piperazine rings is 1. The van der Waals surface area contributed by atoms with Crippen molar-refractivity contribution in [3.63, 3.8) is 0 Å². The zero-order chi connectivity index (χ0) is 22.2. The summed E-state index contributed by atoms with van der Waals surface area (Å²) in [5, 5.41) is 5.68. The van der Waals surface area contributed by atoms with Gasteiger partial charge in [-0.05, 0) is 35.9 Å². The highest BCUT2D eigenvalue weighted by atomic mass is 19.1. The molecule has 1 saturated heterocycles. The monoisotopic (exact) mass is 427 g/mol. The Morgan fingerprint density at radius 1 is 0.935 bits per heavy atom. The van der Waals surface area contributed by atoms with E-state index in [0.717, 1.165) is 24.3 Å². The summed E-state index contributed by atoms with van der Waals surface area (Å²) in [6.45, 7) is 3.95. The number of rotatable bonds is 8. The summed E-state index contributed by atoms with van der Waals surface area (Å²) in [7, 11) is 3.99. The van der Waals surface area contributed by atoms with E-state index in [-0.39, 0.29) is 24.2 Å². The fourth-order valence-electron chi connectivity index (χ4n) is 3.45. The first-order valence-electron chi connectivity index (χ1n) is 10.4. The van der Waals surface area contributed by atoms with E-state index >= 15 is 0 Å². The van der Waals surface area contributed by atoms with Gasteiger partial charge in [-0.3, -0.25) is 19.4 Å². The van der Waals surface area contributed by atoms with Gasteiger partial charge in [-0.15, -0.1) is 0 Å². The molecule has 0 spiro atoms. The van der Waals surface area contributed by atoms with Crippen LogP contribution in [0.5, 0.6) is 0 Å². The van der Waals surface area contributed by atoms with Gasteiger partial charge in [0.25, 0.3) is 0 Å². The minimum absolute atomic E-state index is 0.00557. The van der Waals surface area contributed by atoms with Crippen molar-refractivity contribution < 1.29 is 14.0 Å². The van der Waals surface area contributed by atoms with Crippen LogP contribution in [0.15, 0.2) is 48.5 Å². The van der Waals surface area contributed by atoms with Gasteiger partial charge in [0.15, 0.2) is 0 Å². The molecule has 2 amide bonds. The zero-order valence-electron chi connectivity index (χ0n) is 18.1. The van der Waals surface area contributed by atoms with Gasteiger partial charge >= 0.3 is 0 Å². The largest absolute Gasteiger partial charge is 0.378 e. The lowest BCUT2D eigenvalue weighted by atomic mass is 10.2. The van der Waals surface area contributed by atoms with E-state index in [1.165, 1.54) is 12.1 Å². The molecule has 1 heterocycles. The third-order valence-corrected chi connectivity index (χ3v) is 5.25. The van der Waals surface area contributed by atoms with Crippen molar-refractivity contribution in [2.45, 2.75) is 6.54 Å². The Bertz CT molecular complexity index is 880. The summed E-state index contributed by atoms with van der Waals surface area (Å²) in [6.07, 6.45) is 0. The van der Waals surface area contributed by atoms with Crippen LogP contribution in [0.4, 0.5) is 15.8 Å². The lowest BCUT2D eigenvalue weighted by molar-refractivity contribution is -0.123. The third-order valence-electron chi connectivity index (χ3n) is 5.25. The van der Waals surface area contributed by atoms with Crippen molar-refractivity contribution in [2.75, 3.05) is 63.6 Å². The van der Waals surface area contributed by atoms with Crippen LogP contribution >= 0.6 is 0 Å². The van der Waals surface area contributed by atoms with Gasteiger partial charge in [-0.25, -0.2) is 4.39 Å².